The van der Waals surface area contributed by atoms with Crippen LogP contribution in [0.5, 0.6) is 0 Å². The van der Waals surface area contributed by atoms with Gasteiger partial charge in [-0.25, -0.2) is 0 Å². The van der Waals surface area contributed by atoms with E-state index < -0.39 is 5.97 Å². The van der Waals surface area contributed by atoms with Crippen LogP contribution >= 0.6 is 0 Å². The fourth-order valence-electron chi connectivity index (χ4n) is 2.63. The van der Waals surface area contributed by atoms with Crippen molar-refractivity contribution in [1.82, 2.24) is 4.90 Å². The number of hydrogen-bond acceptors (Lipinski definition) is 2. The van der Waals surface area contributed by atoms with E-state index in [0.29, 0.717) is 12.0 Å². The largest absolute Gasteiger partial charge is 0.481 e. The van der Waals surface area contributed by atoms with E-state index in [1.165, 1.54) is 0 Å². The highest BCUT2D eigenvalue weighted by molar-refractivity contribution is 5.69. The molecule has 94 valence electrons. The fourth-order valence-corrected chi connectivity index (χ4v) is 2.63. The molecule has 3 heteroatoms. The maximum Gasteiger partial charge on any atom is 0.306 e. The van der Waals surface area contributed by atoms with Gasteiger partial charge in [-0.05, 0) is 52.0 Å². The summed E-state index contributed by atoms with van der Waals surface area (Å²) in [5, 5.41) is 8.93. The smallest absolute Gasteiger partial charge is 0.306 e. The molecule has 1 rings (SSSR count). The van der Waals surface area contributed by atoms with E-state index in [4.69, 9.17) is 5.11 Å². The van der Waals surface area contributed by atoms with Crippen LogP contribution in [-0.2, 0) is 4.79 Å². The number of hydrogen-bond donors (Lipinski definition) is 1. The lowest BCUT2D eigenvalue weighted by Crippen LogP contribution is -2.36. The molecule has 0 spiro atoms. The Labute approximate surface area is 98.8 Å². The summed E-state index contributed by atoms with van der Waals surface area (Å²) in [5.74, 6) is 0.0259. The van der Waals surface area contributed by atoms with Crippen LogP contribution in [-0.4, -0.2) is 35.1 Å². The molecule has 16 heavy (non-hydrogen) atoms. The van der Waals surface area contributed by atoms with Crippen molar-refractivity contribution in [3.05, 3.63) is 0 Å². The van der Waals surface area contributed by atoms with Crippen molar-refractivity contribution in [3.63, 3.8) is 0 Å². The minimum atomic E-state index is -0.602. The summed E-state index contributed by atoms with van der Waals surface area (Å²) >= 11 is 0. The lowest BCUT2D eigenvalue weighted by molar-refractivity contribution is -0.143. The van der Waals surface area contributed by atoms with Crippen LogP contribution in [0.15, 0.2) is 0 Å². The van der Waals surface area contributed by atoms with Crippen LogP contribution in [0.25, 0.3) is 0 Å². The van der Waals surface area contributed by atoms with Gasteiger partial charge in [0.25, 0.3) is 0 Å². The van der Waals surface area contributed by atoms with Crippen LogP contribution < -0.4 is 0 Å². The van der Waals surface area contributed by atoms with Gasteiger partial charge in [-0.3, -0.25) is 4.79 Å². The normalized spacial score (nSPS) is 26.3. The van der Waals surface area contributed by atoms with Crippen molar-refractivity contribution in [2.24, 2.45) is 11.8 Å². The summed E-state index contributed by atoms with van der Waals surface area (Å²) in [6, 6.07) is 0.599. The quantitative estimate of drug-likeness (QED) is 0.785. The van der Waals surface area contributed by atoms with Crippen LogP contribution in [0.2, 0.25) is 0 Å². The third kappa shape index (κ3) is 3.78. The summed E-state index contributed by atoms with van der Waals surface area (Å²) in [4.78, 5) is 13.3. The molecule has 1 saturated carbocycles. The first kappa shape index (κ1) is 13.5. The van der Waals surface area contributed by atoms with E-state index in [9.17, 15) is 4.79 Å². The summed E-state index contributed by atoms with van der Waals surface area (Å²) in [7, 11) is 0. The molecule has 0 saturated heterocycles. The van der Waals surface area contributed by atoms with Crippen molar-refractivity contribution in [2.75, 3.05) is 13.1 Å². The molecule has 1 N–H and O–H groups in total. The minimum Gasteiger partial charge on any atom is -0.481 e. The molecule has 0 unspecified atom stereocenters. The van der Waals surface area contributed by atoms with Crippen molar-refractivity contribution in [3.8, 4) is 0 Å². The molecule has 1 aliphatic carbocycles. The Morgan fingerprint density at radius 3 is 2.25 bits per heavy atom. The van der Waals surface area contributed by atoms with Gasteiger partial charge < -0.3 is 10.0 Å². The topological polar surface area (TPSA) is 40.5 Å². The van der Waals surface area contributed by atoms with Gasteiger partial charge in [0.2, 0.25) is 0 Å². The molecule has 1 fully saturated rings. The SMILES string of the molecule is CCN(CC1CCC(C(=O)O)CC1)C(C)C. The maximum atomic E-state index is 10.8. The molecule has 3 nitrogen and oxygen atoms in total. The van der Waals surface area contributed by atoms with Crippen LogP contribution in [0.4, 0.5) is 0 Å². The first-order chi connectivity index (χ1) is 7.54. The number of carbonyl (C=O) groups is 1. The highest BCUT2D eigenvalue weighted by atomic mass is 16.4. The molecule has 0 atom stereocenters. The van der Waals surface area contributed by atoms with Crippen molar-refractivity contribution >= 4 is 5.97 Å². The first-order valence-corrected chi connectivity index (χ1v) is 6.51. The Balaban J connectivity index is 2.33. The van der Waals surface area contributed by atoms with Gasteiger partial charge in [0, 0.05) is 12.6 Å². The van der Waals surface area contributed by atoms with E-state index >= 15 is 0 Å². The van der Waals surface area contributed by atoms with Crippen molar-refractivity contribution < 1.29 is 9.90 Å². The Hall–Kier alpha value is -0.570. The van der Waals surface area contributed by atoms with E-state index in [0.717, 1.165) is 38.8 Å². The second-order valence-corrected chi connectivity index (χ2v) is 5.24. The number of aliphatic carboxylic acids is 1. The standard InChI is InChI=1S/C13H25NO2/c1-4-14(10(2)3)9-11-5-7-12(8-6-11)13(15)16/h10-12H,4-9H2,1-3H3,(H,15,16). The summed E-state index contributed by atoms with van der Waals surface area (Å²) in [6.07, 6.45) is 3.91. The predicted molar refractivity (Wildman–Crippen MR) is 65.5 cm³/mol. The highest BCUT2D eigenvalue weighted by Crippen LogP contribution is 2.29. The Morgan fingerprint density at radius 1 is 1.31 bits per heavy atom. The highest BCUT2D eigenvalue weighted by Gasteiger charge is 2.27. The number of nitrogens with zero attached hydrogens (tertiary/aromatic N) is 1. The lowest BCUT2D eigenvalue weighted by atomic mass is 9.81. The average molecular weight is 227 g/mol. The van der Waals surface area contributed by atoms with E-state index in [1.54, 1.807) is 0 Å². The number of carboxylic acids is 1. The lowest BCUT2D eigenvalue weighted by Gasteiger charge is -2.33. The van der Waals surface area contributed by atoms with Crippen LogP contribution in [0.1, 0.15) is 46.5 Å². The van der Waals surface area contributed by atoms with E-state index in [2.05, 4.69) is 25.7 Å². The molecule has 0 aliphatic heterocycles. The van der Waals surface area contributed by atoms with Crippen LogP contribution in [0, 0.1) is 11.8 Å². The van der Waals surface area contributed by atoms with Crippen molar-refractivity contribution in [2.45, 2.75) is 52.5 Å². The second-order valence-electron chi connectivity index (χ2n) is 5.24. The third-order valence-corrected chi connectivity index (χ3v) is 3.83. The monoisotopic (exact) mass is 227 g/mol. The molecular formula is C13H25NO2. The van der Waals surface area contributed by atoms with Gasteiger partial charge >= 0.3 is 5.97 Å². The predicted octanol–water partition coefficient (Wildman–Crippen LogP) is 2.61. The molecule has 0 bridgehead atoms. The second kappa shape index (κ2) is 6.24. The zero-order valence-electron chi connectivity index (χ0n) is 10.8. The van der Waals surface area contributed by atoms with E-state index in [-0.39, 0.29) is 5.92 Å². The first-order valence-electron chi connectivity index (χ1n) is 6.51. The average Bonchev–Trinajstić information content (AvgIpc) is 2.26. The summed E-state index contributed by atoms with van der Waals surface area (Å²) < 4.78 is 0. The fraction of sp³-hybridized carbons (Fsp3) is 0.923. The molecule has 0 amide bonds. The molecule has 0 aromatic carbocycles. The third-order valence-electron chi connectivity index (χ3n) is 3.83. The molecule has 0 heterocycles. The maximum absolute atomic E-state index is 10.8. The van der Waals surface area contributed by atoms with E-state index in [1.807, 2.05) is 0 Å². The molecule has 0 aromatic rings. The van der Waals surface area contributed by atoms with Gasteiger partial charge in [-0.1, -0.05) is 6.92 Å². The number of carboxylic acid groups (broad SMARTS) is 1. The Morgan fingerprint density at radius 2 is 1.88 bits per heavy atom. The van der Waals surface area contributed by atoms with Gasteiger partial charge in [0.05, 0.1) is 5.92 Å². The zero-order chi connectivity index (χ0) is 12.1. The van der Waals surface area contributed by atoms with Gasteiger partial charge in [-0.15, -0.1) is 0 Å². The van der Waals surface area contributed by atoms with Crippen LogP contribution in [0.3, 0.4) is 0 Å². The Kier molecular flexibility index (Phi) is 5.26. The minimum absolute atomic E-state index is 0.0784. The van der Waals surface area contributed by atoms with Gasteiger partial charge in [0.1, 0.15) is 0 Å². The molecule has 0 radical (unpaired) electrons. The van der Waals surface area contributed by atoms with Crippen molar-refractivity contribution in [1.29, 1.82) is 0 Å². The molecule has 0 aromatic heterocycles. The molecular weight excluding hydrogens is 202 g/mol. The van der Waals surface area contributed by atoms with Gasteiger partial charge in [-0.2, -0.15) is 0 Å². The Bertz CT molecular complexity index is 220. The summed E-state index contributed by atoms with van der Waals surface area (Å²) in [6.45, 7) is 8.89. The zero-order valence-corrected chi connectivity index (χ0v) is 10.8. The van der Waals surface area contributed by atoms with Gasteiger partial charge in [0.15, 0.2) is 0 Å². The number of rotatable bonds is 5. The molecule has 1 aliphatic rings. The summed E-state index contributed by atoms with van der Waals surface area (Å²) in [5.41, 5.74) is 0.